The molecule has 220 valence electrons. The minimum atomic E-state index is -2.40. The molecule has 8 rings (SSSR count). The fourth-order valence-electron chi connectivity index (χ4n) is 7.22. The van der Waals surface area contributed by atoms with Crippen molar-refractivity contribution in [2.45, 2.75) is 43.2 Å². The maximum absolute atomic E-state index is 16.8. The summed E-state index contributed by atoms with van der Waals surface area (Å²) < 4.78 is 75.9. The number of ether oxygens (including phenoxy) is 2. The van der Waals surface area contributed by atoms with Crippen LogP contribution in [-0.2, 0) is 4.74 Å². The number of halogens is 3. The minimum absolute atomic E-state index is 0.00194. The maximum atomic E-state index is 16.8. The molecule has 0 bridgehead atoms. The molecule has 3 saturated heterocycles. The zero-order chi connectivity index (χ0) is 31.1. The van der Waals surface area contributed by atoms with Gasteiger partial charge < -0.3 is 14.4 Å². The Balaban J connectivity index is 1.31. The molecule has 7 nitrogen and oxygen atoms in total. The zero-order valence-corrected chi connectivity index (χ0v) is 23.3. The summed E-state index contributed by atoms with van der Waals surface area (Å²) >= 11 is 0. The Morgan fingerprint density at radius 3 is 2.91 bits per heavy atom. The number of hydrogen-bond acceptors (Lipinski definition) is 7. The quantitative estimate of drug-likeness (QED) is 0.302. The highest BCUT2D eigenvalue weighted by Crippen LogP contribution is 2.45. The van der Waals surface area contributed by atoms with Gasteiger partial charge in [-0.15, -0.1) is 6.42 Å². The second-order valence-corrected chi connectivity index (χ2v) is 11.8. The molecule has 2 aromatic carbocycles. The fourth-order valence-corrected chi connectivity index (χ4v) is 7.22. The van der Waals surface area contributed by atoms with Crippen molar-refractivity contribution in [1.29, 1.82) is 0 Å². The lowest BCUT2D eigenvalue weighted by atomic mass is 9.95. The summed E-state index contributed by atoms with van der Waals surface area (Å²) in [7, 11) is 0. The number of terminal acetylenes is 1. The summed E-state index contributed by atoms with van der Waals surface area (Å²) in [5.41, 5.74) is -0.319. The first-order valence-corrected chi connectivity index (χ1v) is 14.6. The number of alkyl halides is 2. The molecule has 4 aliphatic rings. The second-order valence-electron chi connectivity index (χ2n) is 11.8. The van der Waals surface area contributed by atoms with Crippen LogP contribution in [0.4, 0.5) is 19.0 Å². The summed E-state index contributed by atoms with van der Waals surface area (Å²) in [5, 5.41) is 1.70. The SMILES string of the molecule is [2H]C([2H])(Oc1nc(N2CCOC[C@H]3[C@H](F)[C@H]32)c2cnc(-c3cccc4cccc(C#C)c34)c(F)c2n1)[C@@]12CCCN1C[C@H](F)C2. The van der Waals surface area contributed by atoms with Gasteiger partial charge in [0, 0.05) is 48.1 Å². The molecular formula is C33H30F3N5O2. The van der Waals surface area contributed by atoms with E-state index in [1.54, 1.807) is 28.0 Å². The van der Waals surface area contributed by atoms with E-state index in [1.807, 2.05) is 18.2 Å². The Morgan fingerprint density at radius 1 is 1.19 bits per heavy atom. The number of fused-ring (bicyclic) bond motifs is 4. The van der Waals surface area contributed by atoms with Gasteiger partial charge in [0.25, 0.3) is 0 Å². The van der Waals surface area contributed by atoms with Crippen LogP contribution in [0.3, 0.4) is 0 Å². The van der Waals surface area contributed by atoms with Gasteiger partial charge >= 0.3 is 6.01 Å². The predicted molar refractivity (Wildman–Crippen MR) is 157 cm³/mol. The van der Waals surface area contributed by atoms with Gasteiger partial charge in [-0.3, -0.25) is 9.88 Å². The molecule has 43 heavy (non-hydrogen) atoms. The van der Waals surface area contributed by atoms with Crippen LogP contribution >= 0.6 is 0 Å². The molecule has 0 radical (unpaired) electrons. The highest BCUT2D eigenvalue weighted by Gasteiger charge is 2.56. The third kappa shape index (κ3) is 4.24. The lowest BCUT2D eigenvalue weighted by molar-refractivity contribution is 0.107. The molecule has 0 N–H and O–H groups in total. The molecule has 3 aliphatic heterocycles. The molecule has 4 aromatic rings. The normalized spacial score (nSPS) is 29.5. The van der Waals surface area contributed by atoms with Gasteiger partial charge in [-0.05, 0) is 30.8 Å². The van der Waals surface area contributed by atoms with Crippen molar-refractivity contribution < 1.29 is 25.4 Å². The van der Waals surface area contributed by atoms with Crippen molar-refractivity contribution in [2.75, 3.05) is 44.3 Å². The van der Waals surface area contributed by atoms with Gasteiger partial charge in [-0.2, -0.15) is 9.97 Å². The summed E-state index contributed by atoms with van der Waals surface area (Å²) in [6.45, 7) is -0.885. The molecule has 10 heteroatoms. The summed E-state index contributed by atoms with van der Waals surface area (Å²) in [4.78, 5) is 17.0. The van der Waals surface area contributed by atoms with Crippen LogP contribution in [0.2, 0.25) is 0 Å². The number of pyridine rings is 1. The Hall–Kier alpha value is -3.94. The van der Waals surface area contributed by atoms with E-state index in [-0.39, 0.29) is 54.4 Å². The molecule has 0 unspecified atom stereocenters. The number of benzene rings is 2. The number of aromatic nitrogens is 3. The molecule has 2 aromatic heterocycles. The van der Waals surface area contributed by atoms with Crippen LogP contribution in [-0.4, -0.2) is 83.2 Å². The highest BCUT2D eigenvalue weighted by atomic mass is 19.1. The van der Waals surface area contributed by atoms with Crippen LogP contribution in [0, 0.1) is 24.1 Å². The Labute approximate surface area is 249 Å². The van der Waals surface area contributed by atoms with Crippen molar-refractivity contribution in [3.05, 3.63) is 54.0 Å². The van der Waals surface area contributed by atoms with Crippen molar-refractivity contribution in [2.24, 2.45) is 5.92 Å². The van der Waals surface area contributed by atoms with Crippen molar-refractivity contribution in [3.8, 4) is 29.6 Å². The number of hydrogen-bond donors (Lipinski definition) is 0. The molecule has 5 heterocycles. The first kappa shape index (κ1) is 24.5. The highest BCUT2D eigenvalue weighted by molar-refractivity contribution is 6.02. The maximum Gasteiger partial charge on any atom is 0.319 e. The second kappa shape index (κ2) is 10.1. The van der Waals surface area contributed by atoms with E-state index in [1.165, 1.54) is 6.20 Å². The van der Waals surface area contributed by atoms with E-state index < -0.39 is 42.3 Å². The summed E-state index contributed by atoms with van der Waals surface area (Å²) in [6.07, 6.45) is 5.97. The van der Waals surface area contributed by atoms with E-state index in [4.69, 9.17) is 18.6 Å². The van der Waals surface area contributed by atoms with E-state index in [2.05, 4.69) is 20.9 Å². The number of nitrogens with zero attached hydrogens (tertiary/aromatic N) is 5. The van der Waals surface area contributed by atoms with E-state index in [0.717, 1.165) is 5.39 Å². The van der Waals surface area contributed by atoms with Crippen LogP contribution in [0.25, 0.3) is 32.9 Å². The van der Waals surface area contributed by atoms with Crippen LogP contribution in [0.15, 0.2) is 42.6 Å². The first-order chi connectivity index (χ1) is 21.7. The Bertz CT molecular complexity index is 1880. The van der Waals surface area contributed by atoms with Gasteiger partial charge in [0.2, 0.25) is 0 Å². The van der Waals surface area contributed by atoms with Crippen LogP contribution in [0.1, 0.15) is 27.6 Å². The van der Waals surface area contributed by atoms with Gasteiger partial charge in [-0.25, -0.2) is 13.2 Å². The standard InChI is InChI=1S/C33H30F3N5O2/c1-2-19-6-3-7-20-8-4-9-22(25(19)20)28-27(36)29-23(15-37-28)31(41-12-13-42-17-24-26(35)30(24)41)39-32(38-29)43-18-33-10-5-11-40(33)16-21(34)14-33/h1,3-4,6-9,15,21,24,26,30H,5,10-14,16-18H2/t21-,24+,26+,30+,33+/m1/s1/i18D2. The molecule has 0 spiro atoms. The third-order valence-corrected chi connectivity index (χ3v) is 9.34. The van der Waals surface area contributed by atoms with Crippen molar-refractivity contribution >= 4 is 27.5 Å². The fraction of sp³-hybridized carbons (Fsp3) is 0.424. The topological polar surface area (TPSA) is 63.6 Å². The van der Waals surface area contributed by atoms with Crippen molar-refractivity contribution in [3.63, 3.8) is 0 Å². The molecule has 1 saturated carbocycles. The minimum Gasteiger partial charge on any atom is -0.461 e. The van der Waals surface area contributed by atoms with Gasteiger partial charge in [0.1, 0.15) is 35.9 Å². The molecule has 0 amide bonds. The summed E-state index contributed by atoms with van der Waals surface area (Å²) in [5.74, 6) is 1.71. The number of rotatable bonds is 5. The van der Waals surface area contributed by atoms with E-state index >= 15 is 4.39 Å². The smallest absolute Gasteiger partial charge is 0.319 e. The molecule has 5 atom stereocenters. The average Bonchev–Trinajstić information content (AvgIpc) is 3.38. The van der Waals surface area contributed by atoms with Crippen molar-refractivity contribution in [1.82, 2.24) is 19.9 Å². The van der Waals surface area contributed by atoms with E-state index in [9.17, 15) is 8.78 Å². The van der Waals surface area contributed by atoms with Crippen LogP contribution < -0.4 is 9.64 Å². The van der Waals surface area contributed by atoms with Gasteiger partial charge in [0.15, 0.2) is 5.82 Å². The molecule has 1 aliphatic carbocycles. The first-order valence-electron chi connectivity index (χ1n) is 15.6. The average molecular weight is 588 g/mol. The zero-order valence-electron chi connectivity index (χ0n) is 25.3. The third-order valence-electron chi connectivity index (χ3n) is 9.34. The predicted octanol–water partition coefficient (Wildman–Crippen LogP) is 5.09. The van der Waals surface area contributed by atoms with E-state index in [0.29, 0.717) is 42.5 Å². The molecular weight excluding hydrogens is 555 g/mol. The summed E-state index contributed by atoms with van der Waals surface area (Å²) in [6, 6.07) is 9.93. The Morgan fingerprint density at radius 2 is 2.05 bits per heavy atom. The monoisotopic (exact) mass is 587 g/mol. The largest absolute Gasteiger partial charge is 0.461 e. The van der Waals surface area contributed by atoms with Gasteiger partial charge in [0.05, 0.1) is 32.9 Å². The lowest BCUT2D eigenvalue weighted by Gasteiger charge is -2.31. The lowest BCUT2D eigenvalue weighted by Crippen LogP contribution is -2.43. The molecule has 4 fully saturated rings. The Kier molecular flexibility index (Phi) is 5.73. The number of anilines is 1. The van der Waals surface area contributed by atoms with Gasteiger partial charge in [-0.1, -0.05) is 36.3 Å². The van der Waals surface area contributed by atoms with Crippen LogP contribution in [0.5, 0.6) is 6.01 Å².